The molecule has 1 heterocycles. The van der Waals surface area contributed by atoms with E-state index in [1.807, 2.05) is 20.9 Å². The number of hydrogen-bond acceptors (Lipinski definition) is 3. The van der Waals surface area contributed by atoms with Gasteiger partial charge in [-0.25, -0.2) is 8.42 Å². The van der Waals surface area contributed by atoms with Crippen LogP contribution in [0.3, 0.4) is 0 Å². The number of rotatable bonds is 1. The van der Waals surface area contributed by atoms with Crippen LogP contribution in [-0.2, 0) is 10.0 Å². The summed E-state index contributed by atoms with van der Waals surface area (Å²) in [5.74, 6) is 0. The van der Waals surface area contributed by atoms with Crippen molar-refractivity contribution >= 4 is 10.0 Å². The molecular weight excluding hydrogens is 224 g/mol. The van der Waals surface area contributed by atoms with Crippen molar-refractivity contribution in [2.24, 2.45) is 0 Å². The van der Waals surface area contributed by atoms with Crippen LogP contribution in [0.1, 0.15) is 34.1 Å². The molecule has 0 N–H and O–H groups in total. The van der Waals surface area contributed by atoms with Crippen molar-refractivity contribution in [2.45, 2.75) is 34.1 Å². The summed E-state index contributed by atoms with van der Waals surface area (Å²) < 4.78 is 23.5. The van der Waals surface area contributed by atoms with Crippen molar-refractivity contribution in [3.05, 3.63) is 0 Å². The van der Waals surface area contributed by atoms with Crippen molar-refractivity contribution in [1.29, 1.82) is 0 Å². The molecule has 0 radical (unpaired) electrons. The highest BCUT2D eigenvalue weighted by Crippen LogP contribution is 2.03. The fourth-order valence-electron chi connectivity index (χ4n) is 1.12. The topological polar surface area (TPSA) is 40.6 Å². The second-order valence-electron chi connectivity index (χ2n) is 3.67. The number of hydrogen-bond donors (Lipinski definition) is 0. The van der Waals surface area contributed by atoms with Crippen LogP contribution >= 0.6 is 0 Å². The van der Waals surface area contributed by atoms with Gasteiger partial charge in [-0.1, -0.05) is 34.1 Å². The third-order valence-corrected chi connectivity index (χ3v) is 3.23. The molecule has 1 aliphatic rings. The summed E-state index contributed by atoms with van der Waals surface area (Å²) in [6.45, 7) is 11.2. The van der Waals surface area contributed by atoms with E-state index in [2.05, 4.69) is 18.7 Å². The predicted octanol–water partition coefficient (Wildman–Crippen LogP) is 1.64. The lowest BCUT2D eigenvalue weighted by molar-refractivity contribution is 0.223. The van der Waals surface area contributed by atoms with E-state index in [0.717, 1.165) is 13.1 Å². The van der Waals surface area contributed by atoms with E-state index in [1.165, 1.54) is 17.0 Å². The van der Waals surface area contributed by atoms with Crippen LogP contribution in [0.2, 0.25) is 0 Å². The van der Waals surface area contributed by atoms with Crippen LogP contribution in [-0.4, -0.2) is 57.1 Å². The third kappa shape index (κ3) is 9.12. The molecule has 4 nitrogen and oxygen atoms in total. The zero-order valence-electron chi connectivity index (χ0n) is 11.7. The largest absolute Gasteiger partial charge is 0.304 e. The minimum absolute atomic E-state index is 0.634. The summed E-state index contributed by atoms with van der Waals surface area (Å²) in [7, 11) is -0.943. The first-order valence-electron chi connectivity index (χ1n) is 6.05. The van der Waals surface area contributed by atoms with Crippen molar-refractivity contribution < 1.29 is 8.42 Å². The number of nitrogens with zero attached hydrogens (tertiary/aromatic N) is 2. The Morgan fingerprint density at radius 1 is 1.00 bits per heavy atom. The maximum atomic E-state index is 11.0. The molecule has 0 aromatic carbocycles. The van der Waals surface area contributed by atoms with E-state index in [9.17, 15) is 8.42 Å². The van der Waals surface area contributed by atoms with Gasteiger partial charge in [-0.2, -0.15) is 4.31 Å². The first-order chi connectivity index (χ1) is 7.41. The van der Waals surface area contributed by atoms with Crippen molar-refractivity contribution in [2.75, 3.05) is 39.5 Å². The molecular formula is C11H28N2O2S. The predicted molar refractivity (Wildman–Crippen MR) is 71.2 cm³/mol. The summed E-state index contributed by atoms with van der Waals surface area (Å²) in [6.07, 6.45) is 2.51. The number of likely N-dealkylation sites (N-methyl/N-ethyl adjacent to an activating group) is 1. The van der Waals surface area contributed by atoms with Gasteiger partial charge in [-0.3, -0.25) is 0 Å². The van der Waals surface area contributed by atoms with Gasteiger partial charge in [0.05, 0.1) is 6.26 Å². The molecule has 1 saturated heterocycles. The Morgan fingerprint density at radius 3 is 1.56 bits per heavy atom. The molecule has 5 heteroatoms. The summed E-state index contributed by atoms with van der Waals surface area (Å²) >= 11 is 0. The van der Waals surface area contributed by atoms with Crippen LogP contribution in [0, 0.1) is 0 Å². The monoisotopic (exact) mass is 252 g/mol. The Labute approximate surface area is 102 Å². The van der Waals surface area contributed by atoms with E-state index in [1.54, 1.807) is 0 Å². The number of sulfonamides is 1. The first-order valence-corrected chi connectivity index (χ1v) is 7.90. The summed E-state index contributed by atoms with van der Waals surface area (Å²) in [5.41, 5.74) is 0. The van der Waals surface area contributed by atoms with Crippen LogP contribution in [0.4, 0.5) is 0 Å². The smallest absolute Gasteiger partial charge is 0.211 e. The molecule has 0 atom stereocenters. The Kier molecular flexibility index (Phi) is 11.5. The normalized spacial score (nSPS) is 17.9. The lowest BCUT2D eigenvalue weighted by Crippen LogP contribution is -2.46. The molecule has 1 fully saturated rings. The minimum atomic E-state index is -2.94. The minimum Gasteiger partial charge on any atom is -0.304 e. The summed E-state index contributed by atoms with van der Waals surface area (Å²) in [4.78, 5) is 2.13. The molecule has 0 spiro atoms. The maximum Gasteiger partial charge on any atom is 0.211 e. The van der Waals surface area contributed by atoms with E-state index in [4.69, 9.17) is 0 Å². The Morgan fingerprint density at radius 2 is 1.31 bits per heavy atom. The molecule has 0 saturated carbocycles. The summed E-state index contributed by atoms with van der Waals surface area (Å²) in [6, 6.07) is 0. The lowest BCUT2D eigenvalue weighted by Gasteiger charge is -2.30. The highest BCUT2D eigenvalue weighted by atomic mass is 32.2. The second-order valence-corrected chi connectivity index (χ2v) is 5.65. The molecule has 0 amide bonds. The van der Waals surface area contributed by atoms with E-state index < -0.39 is 10.0 Å². The number of piperazine rings is 1. The molecule has 0 aromatic rings. The molecule has 1 rings (SSSR count). The van der Waals surface area contributed by atoms with Gasteiger partial charge in [0.2, 0.25) is 10.0 Å². The van der Waals surface area contributed by atoms with Crippen molar-refractivity contribution in [1.82, 2.24) is 9.21 Å². The van der Waals surface area contributed by atoms with Crippen LogP contribution in [0.15, 0.2) is 0 Å². The van der Waals surface area contributed by atoms with Gasteiger partial charge in [0.25, 0.3) is 0 Å². The first kappa shape index (κ1) is 18.2. The van der Waals surface area contributed by atoms with Crippen molar-refractivity contribution in [3.8, 4) is 0 Å². The molecule has 1 aliphatic heterocycles. The van der Waals surface area contributed by atoms with E-state index in [0.29, 0.717) is 13.1 Å². The molecule has 100 valence electrons. The second kappa shape index (κ2) is 10.1. The average molecular weight is 252 g/mol. The standard InChI is InChI=1S/C6H14N2O2S.C3H8.C2H6/c1-7-3-5-8(6-4-7)11(2,9)10;1-3-2;1-2/h3-6H2,1-2H3;3H2,1-2H3;1-2H3. The molecule has 0 unspecified atom stereocenters. The Bertz CT molecular complexity index is 232. The zero-order valence-corrected chi connectivity index (χ0v) is 12.5. The SMILES string of the molecule is CC.CCC.CN1CCN(S(C)(=O)=O)CC1. The van der Waals surface area contributed by atoms with E-state index in [-0.39, 0.29) is 0 Å². The molecule has 16 heavy (non-hydrogen) atoms. The Hall–Kier alpha value is -0.130. The van der Waals surface area contributed by atoms with Gasteiger partial charge in [0.15, 0.2) is 0 Å². The third-order valence-electron chi connectivity index (χ3n) is 1.93. The van der Waals surface area contributed by atoms with Crippen LogP contribution in [0.5, 0.6) is 0 Å². The van der Waals surface area contributed by atoms with Gasteiger partial charge in [-0.05, 0) is 7.05 Å². The van der Waals surface area contributed by atoms with Crippen LogP contribution < -0.4 is 0 Å². The zero-order chi connectivity index (χ0) is 13.2. The summed E-state index contributed by atoms with van der Waals surface area (Å²) in [5, 5.41) is 0. The van der Waals surface area contributed by atoms with Gasteiger partial charge in [0.1, 0.15) is 0 Å². The van der Waals surface area contributed by atoms with Gasteiger partial charge in [0, 0.05) is 26.2 Å². The molecule has 0 aromatic heterocycles. The fraction of sp³-hybridized carbons (Fsp3) is 1.00. The Balaban J connectivity index is 0. The fourth-order valence-corrected chi connectivity index (χ4v) is 1.95. The quantitative estimate of drug-likeness (QED) is 0.712. The van der Waals surface area contributed by atoms with Crippen LogP contribution in [0.25, 0.3) is 0 Å². The highest BCUT2D eigenvalue weighted by molar-refractivity contribution is 7.88. The van der Waals surface area contributed by atoms with Gasteiger partial charge < -0.3 is 4.90 Å². The average Bonchev–Trinajstić information content (AvgIpc) is 2.21. The van der Waals surface area contributed by atoms with Crippen molar-refractivity contribution in [3.63, 3.8) is 0 Å². The van der Waals surface area contributed by atoms with Gasteiger partial charge in [-0.15, -0.1) is 0 Å². The lowest BCUT2D eigenvalue weighted by atomic mass is 10.4. The highest BCUT2D eigenvalue weighted by Gasteiger charge is 2.20. The van der Waals surface area contributed by atoms with E-state index >= 15 is 0 Å². The molecule has 0 bridgehead atoms. The maximum absolute atomic E-state index is 11.0. The molecule has 0 aliphatic carbocycles. The van der Waals surface area contributed by atoms with Gasteiger partial charge >= 0.3 is 0 Å².